The summed E-state index contributed by atoms with van der Waals surface area (Å²) in [6, 6.07) is 5.14. The molecule has 0 atom stereocenters. The van der Waals surface area contributed by atoms with Crippen LogP contribution < -0.4 is 21.1 Å². The van der Waals surface area contributed by atoms with Crippen molar-refractivity contribution in [2.24, 2.45) is 11.7 Å². The number of rotatable bonds is 6. The van der Waals surface area contributed by atoms with Crippen LogP contribution in [0.2, 0.25) is 0 Å². The molecule has 2 amide bonds. The highest BCUT2D eigenvalue weighted by Gasteiger charge is 2.29. The third kappa shape index (κ3) is 3.71. The standard InChI is InChI=1S/C14H19N3O3/c1-20-12-5-4-10(16-14(19)9-2-3-9)8-11(12)17-13(18)6-7-15/h4-5,8-9H,2-3,6-7,15H2,1H3,(H,16,19)(H,17,18). The zero-order valence-corrected chi connectivity index (χ0v) is 11.4. The van der Waals surface area contributed by atoms with Gasteiger partial charge in [0.2, 0.25) is 11.8 Å². The van der Waals surface area contributed by atoms with Crippen molar-refractivity contribution in [1.82, 2.24) is 0 Å². The maximum absolute atomic E-state index is 11.7. The van der Waals surface area contributed by atoms with Crippen LogP contribution >= 0.6 is 0 Å². The molecule has 0 unspecified atom stereocenters. The lowest BCUT2D eigenvalue weighted by atomic mass is 10.2. The lowest BCUT2D eigenvalue weighted by Crippen LogP contribution is -2.17. The Bertz CT molecular complexity index is 512. The molecule has 0 bridgehead atoms. The summed E-state index contributed by atoms with van der Waals surface area (Å²) >= 11 is 0. The third-order valence-corrected chi connectivity index (χ3v) is 3.06. The summed E-state index contributed by atoms with van der Waals surface area (Å²) in [5.41, 5.74) is 6.51. The quantitative estimate of drug-likeness (QED) is 0.731. The second-order valence-corrected chi connectivity index (χ2v) is 4.77. The van der Waals surface area contributed by atoms with Gasteiger partial charge in [0.15, 0.2) is 0 Å². The summed E-state index contributed by atoms with van der Waals surface area (Å²) in [4.78, 5) is 23.3. The van der Waals surface area contributed by atoms with Gasteiger partial charge in [0.1, 0.15) is 5.75 Å². The van der Waals surface area contributed by atoms with Gasteiger partial charge in [0.05, 0.1) is 12.8 Å². The van der Waals surface area contributed by atoms with Gasteiger partial charge in [-0.1, -0.05) is 0 Å². The molecule has 6 heteroatoms. The molecule has 20 heavy (non-hydrogen) atoms. The smallest absolute Gasteiger partial charge is 0.227 e. The number of carbonyl (C=O) groups is 2. The Morgan fingerprint density at radius 2 is 2.10 bits per heavy atom. The molecule has 0 radical (unpaired) electrons. The normalized spacial score (nSPS) is 13.7. The fourth-order valence-electron chi connectivity index (χ4n) is 1.82. The Morgan fingerprint density at radius 1 is 1.35 bits per heavy atom. The minimum Gasteiger partial charge on any atom is -0.495 e. The summed E-state index contributed by atoms with van der Waals surface area (Å²) in [5, 5.41) is 5.56. The van der Waals surface area contributed by atoms with Crippen LogP contribution in [-0.4, -0.2) is 25.5 Å². The molecule has 4 N–H and O–H groups in total. The van der Waals surface area contributed by atoms with Crippen molar-refractivity contribution in [3.8, 4) is 5.75 Å². The first-order chi connectivity index (χ1) is 9.63. The molecule has 0 heterocycles. The van der Waals surface area contributed by atoms with Crippen molar-refractivity contribution in [2.45, 2.75) is 19.3 Å². The van der Waals surface area contributed by atoms with Gasteiger partial charge in [0, 0.05) is 24.6 Å². The van der Waals surface area contributed by atoms with Gasteiger partial charge in [-0.25, -0.2) is 0 Å². The van der Waals surface area contributed by atoms with Crippen LogP contribution in [0.4, 0.5) is 11.4 Å². The highest BCUT2D eigenvalue weighted by Crippen LogP contribution is 2.32. The number of hydrogen-bond donors (Lipinski definition) is 3. The van der Waals surface area contributed by atoms with E-state index in [0.29, 0.717) is 17.1 Å². The van der Waals surface area contributed by atoms with Gasteiger partial charge in [-0.3, -0.25) is 9.59 Å². The Kier molecular flexibility index (Phi) is 4.57. The van der Waals surface area contributed by atoms with Gasteiger partial charge >= 0.3 is 0 Å². The summed E-state index contributed by atoms with van der Waals surface area (Å²) in [6.45, 7) is 0.284. The molecule has 0 spiro atoms. The number of ether oxygens (including phenoxy) is 1. The second kappa shape index (κ2) is 6.38. The largest absolute Gasteiger partial charge is 0.495 e. The minimum atomic E-state index is -0.184. The highest BCUT2D eigenvalue weighted by molar-refractivity contribution is 5.97. The number of nitrogens with one attached hydrogen (secondary N) is 2. The zero-order valence-electron chi connectivity index (χ0n) is 11.4. The topological polar surface area (TPSA) is 93.5 Å². The van der Waals surface area contributed by atoms with E-state index in [2.05, 4.69) is 10.6 Å². The Morgan fingerprint density at radius 3 is 2.70 bits per heavy atom. The zero-order chi connectivity index (χ0) is 14.5. The van der Waals surface area contributed by atoms with Gasteiger partial charge in [-0.2, -0.15) is 0 Å². The SMILES string of the molecule is COc1ccc(NC(=O)C2CC2)cc1NC(=O)CCN. The summed E-state index contributed by atoms with van der Waals surface area (Å²) in [6.07, 6.45) is 2.13. The molecule has 2 rings (SSSR count). The fraction of sp³-hybridized carbons (Fsp3) is 0.429. The van der Waals surface area contributed by atoms with E-state index < -0.39 is 0 Å². The lowest BCUT2D eigenvalue weighted by molar-refractivity contribution is -0.117. The third-order valence-electron chi connectivity index (χ3n) is 3.06. The van der Waals surface area contributed by atoms with Gasteiger partial charge in [-0.15, -0.1) is 0 Å². The predicted octanol–water partition coefficient (Wildman–Crippen LogP) is 1.33. The molecule has 1 aliphatic rings. The first-order valence-corrected chi connectivity index (χ1v) is 6.63. The molecule has 0 saturated heterocycles. The van der Waals surface area contributed by atoms with E-state index in [1.54, 1.807) is 18.2 Å². The second-order valence-electron chi connectivity index (χ2n) is 4.77. The van der Waals surface area contributed by atoms with Crippen LogP contribution in [-0.2, 0) is 9.59 Å². The summed E-state index contributed by atoms with van der Waals surface area (Å²) in [7, 11) is 1.52. The van der Waals surface area contributed by atoms with Gasteiger partial charge < -0.3 is 21.1 Å². The van der Waals surface area contributed by atoms with E-state index >= 15 is 0 Å². The van der Waals surface area contributed by atoms with Crippen LogP contribution in [0.1, 0.15) is 19.3 Å². The maximum Gasteiger partial charge on any atom is 0.227 e. The summed E-state index contributed by atoms with van der Waals surface area (Å²) < 4.78 is 5.19. The number of nitrogens with two attached hydrogens (primary N) is 1. The molecule has 1 aromatic rings. The first kappa shape index (κ1) is 14.3. The van der Waals surface area contributed by atoms with E-state index in [1.165, 1.54) is 7.11 Å². The number of methoxy groups -OCH3 is 1. The van der Waals surface area contributed by atoms with Crippen molar-refractivity contribution < 1.29 is 14.3 Å². The van der Waals surface area contributed by atoms with Crippen LogP contribution in [0.3, 0.4) is 0 Å². The Hall–Kier alpha value is -2.08. The maximum atomic E-state index is 11.7. The van der Waals surface area contributed by atoms with E-state index in [4.69, 9.17) is 10.5 Å². The Labute approximate surface area is 117 Å². The van der Waals surface area contributed by atoms with Crippen molar-refractivity contribution in [1.29, 1.82) is 0 Å². The fourth-order valence-corrected chi connectivity index (χ4v) is 1.82. The average Bonchev–Trinajstić information content (AvgIpc) is 3.23. The van der Waals surface area contributed by atoms with Crippen molar-refractivity contribution >= 4 is 23.2 Å². The molecule has 1 aromatic carbocycles. The van der Waals surface area contributed by atoms with Crippen molar-refractivity contribution in [2.75, 3.05) is 24.3 Å². The number of benzene rings is 1. The molecular formula is C14H19N3O3. The predicted molar refractivity (Wildman–Crippen MR) is 76.6 cm³/mol. The molecule has 6 nitrogen and oxygen atoms in total. The van der Waals surface area contributed by atoms with Crippen molar-refractivity contribution in [3.05, 3.63) is 18.2 Å². The number of amides is 2. The highest BCUT2D eigenvalue weighted by atomic mass is 16.5. The minimum absolute atomic E-state index is 0.0226. The van der Waals surface area contributed by atoms with Gasteiger partial charge in [-0.05, 0) is 31.0 Å². The van der Waals surface area contributed by atoms with Crippen LogP contribution in [0.15, 0.2) is 18.2 Å². The van der Waals surface area contributed by atoms with Crippen LogP contribution in [0.25, 0.3) is 0 Å². The molecular weight excluding hydrogens is 258 g/mol. The van der Waals surface area contributed by atoms with E-state index in [1.807, 2.05) is 0 Å². The summed E-state index contributed by atoms with van der Waals surface area (Å²) in [5.74, 6) is 0.512. The van der Waals surface area contributed by atoms with E-state index in [0.717, 1.165) is 12.8 Å². The molecule has 1 aliphatic carbocycles. The van der Waals surface area contributed by atoms with Gasteiger partial charge in [0.25, 0.3) is 0 Å². The molecule has 0 aliphatic heterocycles. The van der Waals surface area contributed by atoms with Crippen molar-refractivity contribution in [3.63, 3.8) is 0 Å². The van der Waals surface area contributed by atoms with Crippen LogP contribution in [0.5, 0.6) is 5.75 Å². The number of carbonyl (C=O) groups excluding carboxylic acids is 2. The Balaban J connectivity index is 2.10. The number of anilines is 2. The van der Waals surface area contributed by atoms with E-state index in [9.17, 15) is 9.59 Å². The van der Waals surface area contributed by atoms with Crippen LogP contribution in [0, 0.1) is 5.92 Å². The first-order valence-electron chi connectivity index (χ1n) is 6.63. The molecule has 1 saturated carbocycles. The molecule has 108 valence electrons. The molecule has 1 fully saturated rings. The molecule has 0 aromatic heterocycles. The van der Waals surface area contributed by atoms with E-state index in [-0.39, 0.29) is 30.7 Å². The average molecular weight is 277 g/mol. The number of hydrogen-bond acceptors (Lipinski definition) is 4. The lowest BCUT2D eigenvalue weighted by Gasteiger charge is -2.12. The monoisotopic (exact) mass is 277 g/mol.